The first-order chi connectivity index (χ1) is 8.15. The van der Waals surface area contributed by atoms with Crippen molar-refractivity contribution in [1.82, 2.24) is 4.98 Å². The summed E-state index contributed by atoms with van der Waals surface area (Å²) < 4.78 is 5.21. The second kappa shape index (κ2) is 4.56. The van der Waals surface area contributed by atoms with Crippen LogP contribution in [0.1, 0.15) is 15.4 Å². The Labute approximate surface area is 104 Å². The van der Waals surface area contributed by atoms with E-state index in [9.17, 15) is 0 Å². The molecule has 0 radical (unpaired) electrons. The molecule has 0 aliphatic rings. The maximum atomic E-state index is 9.06. The Kier molecular flexibility index (Phi) is 3.12. The molecule has 3 nitrogen and oxygen atoms in total. The molecule has 0 saturated heterocycles. The van der Waals surface area contributed by atoms with E-state index in [1.165, 1.54) is 11.3 Å². The maximum Gasteiger partial charge on any atom is 0.132 e. The van der Waals surface area contributed by atoms with Gasteiger partial charge < -0.3 is 4.74 Å². The molecule has 1 heterocycles. The summed E-state index contributed by atoms with van der Waals surface area (Å²) in [5, 5.41) is 9.97. The zero-order valence-corrected chi connectivity index (χ0v) is 10.8. The van der Waals surface area contributed by atoms with Gasteiger partial charge in [-0.3, -0.25) is 0 Å². The van der Waals surface area contributed by atoms with Crippen molar-refractivity contribution in [2.75, 3.05) is 7.11 Å². The average molecular weight is 244 g/mol. The number of nitrogens with zero attached hydrogens (tertiary/aromatic N) is 2. The van der Waals surface area contributed by atoms with E-state index in [2.05, 4.69) is 11.1 Å². The van der Waals surface area contributed by atoms with Crippen molar-refractivity contribution in [2.45, 2.75) is 13.8 Å². The van der Waals surface area contributed by atoms with E-state index >= 15 is 0 Å². The second-order valence-electron chi connectivity index (χ2n) is 3.71. The molecule has 2 rings (SSSR count). The number of benzene rings is 1. The fourth-order valence-corrected chi connectivity index (χ4v) is 2.46. The summed E-state index contributed by atoms with van der Waals surface area (Å²) >= 11 is 1.42. The summed E-state index contributed by atoms with van der Waals surface area (Å²) in [6.07, 6.45) is 0. The lowest BCUT2D eigenvalue weighted by Crippen LogP contribution is -1.88. The molecule has 0 N–H and O–H groups in total. The summed E-state index contributed by atoms with van der Waals surface area (Å²) in [6, 6.07) is 8.02. The summed E-state index contributed by atoms with van der Waals surface area (Å²) in [6.45, 7) is 3.89. The van der Waals surface area contributed by atoms with Crippen molar-refractivity contribution in [1.29, 1.82) is 5.26 Å². The molecular formula is C13H12N2OS. The standard InChI is InChI=1S/C13H12N2OS/c1-8-6-10(4-5-11(8)16-3)13-12(7-14)17-9(2)15-13/h4-6H,1-3H3. The van der Waals surface area contributed by atoms with E-state index in [-0.39, 0.29) is 0 Å². The van der Waals surface area contributed by atoms with Gasteiger partial charge in [-0.05, 0) is 37.6 Å². The Hall–Kier alpha value is -1.86. The van der Waals surface area contributed by atoms with Gasteiger partial charge in [0.2, 0.25) is 0 Å². The number of ether oxygens (including phenoxy) is 1. The van der Waals surface area contributed by atoms with Gasteiger partial charge in [-0.15, -0.1) is 11.3 Å². The molecule has 1 aromatic carbocycles. The Bertz CT molecular complexity index is 596. The zero-order chi connectivity index (χ0) is 12.4. The number of methoxy groups -OCH3 is 1. The van der Waals surface area contributed by atoms with Crippen LogP contribution in [0.4, 0.5) is 0 Å². The van der Waals surface area contributed by atoms with Crippen LogP contribution in [0.15, 0.2) is 18.2 Å². The number of hydrogen-bond acceptors (Lipinski definition) is 4. The fraction of sp³-hybridized carbons (Fsp3) is 0.231. The third-order valence-corrected chi connectivity index (χ3v) is 3.38. The van der Waals surface area contributed by atoms with Gasteiger partial charge in [-0.25, -0.2) is 4.98 Å². The van der Waals surface area contributed by atoms with E-state index in [0.29, 0.717) is 4.88 Å². The lowest BCUT2D eigenvalue weighted by molar-refractivity contribution is 0.412. The highest BCUT2D eigenvalue weighted by molar-refractivity contribution is 7.12. The highest BCUT2D eigenvalue weighted by atomic mass is 32.1. The maximum absolute atomic E-state index is 9.06. The third kappa shape index (κ3) is 2.15. The molecule has 0 atom stereocenters. The molecule has 1 aromatic heterocycles. The van der Waals surface area contributed by atoms with Crippen LogP contribution < -0.4 is 4.74 Å². The van der Waals surface area contributed by atoms with Gasteiger partial charge in [0.15, 0.2) is 0 Å². The molecule has 0 spiro atoms. The molecule has 2 aromatic rings. The van der Waals surface area contributed by atoms with Crippen molar-refractivity contribution >= 4 is 11.3 Å². The van der Waals surface area contributed by atoms with E-state index in [0.717, 1.165) is 27.6 Å². The van der Waals surface area contributed by atoms with Crippen LogP contribution in [0, 0.1) is 25.2 Å². The SMILES string of the molecule is COc1ccc(-c2nc(C)sc2C#N)cc1C. The fourth-order valence-electron chi connectivity index (χ4n) is 1.72. The number of thiazole rings is 1. The molecule has 0 amide bonds. The number of hydrogen-bond donors (Lipinski definition) is 0. The summed E-state index contributed by atoms with van der Waals surface area (Å²) in [5.74, 6) is 0.846. The molecule has 4 heteroatoms. The van der Waals surface area contributed by atoms with Gasteiger partial charge in [0.1, 0.15) is 16.7 Å². The summed E-state index contributed by atoms with van der Waals surface area (Å²) in [5.41, 5.74) is 2.77. The van der Waals surface area contributed by atoms with Crippen LogP contribution in [0.5, 0.6) is 5.75 Å². The van der Waals surface area contributed by atoms with E-state index < -0.39 is 0 Å². The summed E-state index contributed by atoms with van der Waals surface area (Å²) in [4.78, 5) is 5.06. The first kappa shape index (κ1) is 11.6. The number of aromatic nitrogens is 1. The predicted octanol–water partition coefficient (Wildman–Crippen LogP) is 3.31. The van der Waals surface area contributed by atoms with Crippen LogP contribution in [0.25, 0.3) is 11.3 Å². The quantitative estimate of drug-likeness (QED) is 0.814. The lowest BCUT2D eigenvalue weighted by atomic mass is 10.1. The molecule has 86 valence electrons. The molecule has 0 saturated carbocycles. The molecule has 0 unspecified atom stereocenters. The summed E-state index contributed by atoms with van der Waals surface area (Å²) in [7, 11) is 1.65. The van der Waals surface area contributed by atoms with Crippen LogP contribution in [-0.4, -0.2) is 12.1 Å². The Morgan fingerprint density at radius 1 is 1.35 bits per heavy atom. The van der Waals surface area contributed by atoms with Crippen molar-refractivity contribution in [3.05, 3.63) is 33.6 Å². The molecular weight excluding hydrogens is 232 g/mol. The van der Waals surface area contributed by atoms with Crippen LogP contribution in [0.3, 0.4) is 0 Å². The average Bonchev–Trinajstić information content (AvgIpc) is 2.70. The van der Waals surface area contributed by atoms with Crippen molar-refractivity contribution in [3.63, 3.8) is 0 Å². The van der Waals surface area contributed by atoms with Gasteiger partial charge in [0, 0.05) is 5.56 Å². The lowest BCUT2D eigenvalue weighted by Gasteiger charge is -2.05. The van der Waals surface area contributed by atoms with Crippen LogP contribution in [-0.2, 0) is 0 Å². The Balaban J connectivity index is 2.54. The molecule has 17 heavy (non-hydrogen) atoms. The molecule has 0 aliphatic carbocycles. The van der Waals surface area contributed by atoms with E-state index in [1.54, 1.807) is 7.11 Å². The molecule has 0 fully saturated rings. The third-order valence-electron chi connectivity index (χ3n) is 2.50. The largest absolute Gasteiger partial charge is 0.496 e. The van der Waals surface area contributed by atoms with E-state index in [1.807, 2.05) is 32.0 Å². The normalized spacial score (nSPS) is 10.0. The first-order valence-corrected chi connectivity index (χ1v) is 6.00. The van der Waals surface area contributed by atoms with Gasteiger partial charge in [0.05, 0.1) is 17.8 Å². The molecule has 0 bridgehead atoms. The molecule has 0 aliphatic heterocycles. The van der Waals surface area contributed by atoms with E-state index in [4.69, 9.17) is 10.00 Å². The minimum Gasteiger partial charge on any atom is -0.496 e. The highest BCUT2D eigenvalue weighted by Gasteiger charge is 2.11. The van der Waals surface area contributed by atoms with Crippen LogP contribution in [0.2, 0.25) is 0 Å². The topological polar surface area (TPSA) is 45.9 Å². The second-order valence-corrected chi connectivity index (χ2v) is 4.91. The van der Waals surface area contributed by atoms with Crippen molar-refractivity contribution in [3.8, 4) is 23.1 Å². The number of nitriles is 1. The highest BCUT2D eigenvalue weighted by Crippen LogP contribution is 2.30. The number of rotatable bonds is 2. The minimum absolute atomic E-state index is 0.659. The zero-order valence-electron chi connectivity index (χ0n) is 9.94. The minimum atomic E-state index is 0.659. The smallest absolute Gasteiger partial charge is 0.132 e. The number of aryl methyl sites for hydroxylation is 2. The van der Waals surface area contributed by atoms with Gasteiger partial charge in [-0.2, -0.15) is 5.26 Å². The predicted molar refractivity (Wildman–Crippen MR) is 68.3 cm³/mol. The van der Waals surface area contributed by atoms with Gasteiger partial charge in [0.25, 0.3) is 0 Å². The van der Waals surface area contributed by atoms with Crippen molar-refractivity contribution in [2.24, 2.45) is 0 Å². The first-order valence-electron chi connectivity index (χ1n) is 5.18. The van der Waals surface area contributed by atoms with Gasteiger partial charge in [-0.1, -0.05) is 0 Å². The van der Waals surface area contributed by atoms with Crippen LogP contribution >= 0.6 is 11.3 Å². The Morgan fingerprint density at radius 3 is 2.71 bits per heavy atom. The monoisotopic (exact) mass is 244 g/mol. The van der Waals surface area contributed by atoms with Crippen molar-refractivity contribution < 1.29 is 4.74 Å². The Morgan fingerprint density at radius 2 is 2.12 bits per heavy atom. The van der Waals surface area contributed by atoms with Gasteiger partial charge >= 0.3 is 0 Å².